The number of ether oxygens (including phenoxy) is 1. The Morgan fingerprint density at radius 2 is 2.00 bits per heavy atom. The largest absolute Gasteiger partial charge is 0.497 e. The van der Waals surface area contributed by atoms with Crippen molar-refractivity contribution in [2.24, 2.45) is 10.1 Å². The molecule has 0 radical (unpaired) electrons. The van der Waals surface area contributed by atoms with Crippen LogP contribution in [-0.4, -0.2) is 39.0 Å². The fourth-order valence-corrected chi connectivity index (χ4v) is 4.51. The molecule has 0 fully saturated rings. The third-order valence-corrected chi connectivity index (χ3v) is 6.18. The normalized spacial score (nSPS) is 16.3. The third kappa shape index (κ3) is 4.36. The highest BCUT2D eigenvalue weighted by molar-refractivity contribution is 8.26. The average molecular weight is 487 g/mol. The fourth-order valence-electron chi connectivity index (χ4n) is 3.59. The molecule has 35 heavy (non-hydrogen) atoms. The number of nitro groups is 1. The second kappa shape index (κ2) is 9.03. The van der Waals surface area contributed by atoms with E-state index < -0.39 is 10.8 Å². The SMILES string of the molecule is COc1ccc(-c2ccc(/C=C3/C(=N)N4N=C(Cc5ccccc5)SC4=NC3=O)o2)c([N+](=O)[O-])c1. The van der Waals surface area contributed by atoms with Gasteiger partial charge in [0, 0.05) is 6.42 Å². The number of amides is 1. The van der Waals surface area contributed by atoms with E-state index in [1.807, 2.05) is 30.3 Å². The Labute approximate surface area is 203 Å². The number of hydrazone groups is 1. The molecule has 1 amide bonds. The van der Waals surface area contributed by atoms with Crippen molar-refractivity contribution in [3.63, 3.8) is 0 Å². The predicted molar refractivity (Wildman–Crippen MR) is 133 cm³/mol. The van der Waals surface area contributed by atoms with Gasteiger partial charge in [0.25, 0.3) is 11.6 Å². The van der Waals surface area contributed by atoms with Gasteiger partial charge < -0.3 is 9.15 Å². The third-order valence-electron chi connectivity index (χ3n) is 5.27. The number of rotatable bonds is 6. The summed E-state index contributed by atoms with van der Waals surface area (Å²) in [6.07, 6.45) is 1.95. The van der Waals surface area contributed by atoms with Crippen molar-refractivity contribution in [3.05, 3.63) is 87.7 Å². The van der Waals surface area contributed by atoms with Crippen molar-refractivity contribution in [1.82, 2.24) is 5.01 Å². The minimum atomic E-state index is -0.585. The molecule has 1 N–H and O–H groups in total. The van der Waals surface area contributed by atoms with Crippen molar-refractivity contribution in [1.29, 1.82) is 5.41 Å². The summed E-state index contributed by atoms with van der Waals surface area (Å²) in [5, 5.41) is 26.9. The summed E-state index contributed by atoms with van der Waals surface area (Å²) >= 11 is 1.25. The molecule has 0 saturated carbocycles. The Bertz CT molecular complexity index is 1460. The Balaban J connectivity index is 1.41. The van der Waals surface area contributed by atoms with Crippen LogP contribution in [0.25, 0.3) is 17.4 Å². The molecular weight excluding hydrogens is 470 g/mol. The quantitative estimate of drug-likeness (QED) is 0.302. The minimum Gasteiger partial charge on any atom is -0.497 e. The molecule has 174 valence electrons. The van der Waals surface area contributed by atoms with E-state index >= 15 is 0 Å². The van der Waals surface area contributed by atoms with Gasteiger partial charge in [-0.2, -0.15) is 15.1 Å². The second-order valence-electron chi connectivity index (χ2n) is 7.52. The zero-order chi connectivity index (χ0) is 24.5. The Morgan fingerprint density at radius 3 is 2.74 bits per heavy atom. The van der Waals surface area contributed by atoms with Crippen LogP contribution in [0.15, 0.2) is 80.7 Å². The summed E-state index contributed by atoms with van der Waals surface area (Å²) in [7, 11) is 1.42. The first-order valence-corrected chi connectivity index (χ1v) is 11.2. The van der Waals surface area contributed by atoms with Gasteiger partial charge in [-0.05, 0) is 47.7 Å². The van der Waals surface area contributed by atoms with E-state index in [-0.39, 0.29) is 34.2 Å². The molecule has 0 aliphatic carbocycles. The van der Waals surface area contributed by atoms with Crippen LogP contribution in [0.2, 0.25) is 0 Å². The van der Waals surface area contributed by atoms with E-state index in [1.54, 1.807) is 18.2 Å². The molecule has 5 rings (SSSR count). The van der Waals surface area contributed by atoms with Crippen LogP contribution in [0.1, 0.15) is 11.3 Å². The molecule has 0 atom stereocenters. The number of fused-ring (bicyclic) bond motifs is 1. The van der Waals surface area contributed by atoms with E-state index in [0.717, 1.165) is 10.6 Å². The first-order chi connectivity index (χ1) is 16.9. The van der Waals surface area contributed by atoms with Gasteiger partial charge in [-0.1, -0.05) is 30.3 Å². The molecule has 1 aromatic heterocycles. The summed E-state index contributed by atoms with van der Waals surface area (Å²) in [4.78, 5) is 27.7. The van der Waals surface area contributed by atoms with Crippen LogP contribution >= 0.6 is 11.8 Å². The van der Waals surface area contributed by atoms with Crippen LogP contribution in [0.3, 0.4) is 0 Å². The molecule has 11 heteroatoms. The maximum absolute atomic E-state index is 12.7. The summed E-state index contributed by atoms with van der Waals surface area (Å²) in [6, 6.07) is 17.3. The van der Waals surface area contributed by atoms with Crippen LogP contribution in [0.5, 0.6) is 5.75 Å². The van der Waals surface area contributed by atoms with Gasteiger partial charge >= 0.3 is 0 Å². The van der Waals surface area contributed by atoms with Crippen molar-refractivity contribution < 1.29 is 18.9 Å². The number of nitrogens with zero attached hydrogens (tertiary/aromatic N) is 4. The molecular formula is C24H17N5O5S. The molecule has 2 aliphatic rings. The Kier molecular flexibility index (Phi) is 5.75. The summed E-state index contributed by atoms with van der Waals surface area (Å²) in [5.41, 5.74) is 1.15. The summed E-state index contributed by atoms with van der Waals surface area (Å²) in [6.45, 7) is 0. The van der Waals surface area contributed by atoms with E-state index in [2.05, 4.69) is 10.1 Å². The maximum Gasteiger partial charge on any atom is 0.284 e. The first kappa shape index (κ1) is 22.3. The van der Waals surface area contributed by atoms with Gasteiger partial charge in [0.2, 0.25) is 5.17 Å². The maximum atomic E-state index is 12.7. The molecule has 0 bridgehead atoms. The van der Waals surface area contributed by atoms with Crippen LogP contribution in [0, 0.1) is 15.5 Å². The topological polar surface area (TPSA) is 134 Å². The minimum absolute atomic E-state index is 0.00388. The van der Waals surface area contributed by atoms with Crippen LogP contribution in [-0.2, 0) is 11.2 Å². The fraction of sp³-hybridized carbons (Fsp3) is 0.0833. The molecule has 2 aliphatic heterocycles. The van der Waals surface area contributed by atoms with Crippen molar-refractivity contribution in [2.45, 2.75) is 6.42 Å². The van der Waals surface area contributed by atoms with Crippen molar-refractivity contribution in [2.75, 3.05) is 7.11 Å². The lowest BCUT2D eigenvalue weighted by Crippen LogP contribution is -2.35. The summed E-state index contributed by atoms with van der Waals surface area (Å²) < 4.78 is 10.8. The van der Waals surface area contributed by atoms with Gasteiger partial charge in [-0.15, -0.1) is 0 Å². The zero-order valence-corrected chi connectivity index (χ0v) is 19.1. The molecule has 10 nitrogen and oxygen atoms in total. The number of nitro benzene ring substituents is 1. The number of furan rings is 1. The van der Waals surface area contributed by atoms with Gasteiger partial charge in [-0.3, -0.25) is 20.3 Å². The lowest BCUT2D eigenvalue weighted by atomic mass is 10.1. The van der Waals surface area contributed by atoms with E-state index in [4.69, 9.17) is 14.6 Å². The number of amidine groups is 2. The smallest absolute Gasteiger partial charge is 0.284 e. The van der Waals surface area contributed by atoms with Crippen LogP contribution in [0.4, 0.5) is 5.69 Å². The Hall–Kier alpha value is -4.51. The van der Waals surface area contributed by atoms with Gasteiger partial charge in [0.05, 0.1) is 29.2 Å². The highest BCUT2D eigenvalue weighted by Gasteiger charge is 2.35. The highest BCUT2D eigenvalue weighted by Crippen LogP contribution is 2.35. The number of hydrogen-bond donors (Lipinski definition) is 1. The lowest BCUT2D eigenvalue weighted by Gasteiger charge is -2.19. The number of carbonyl (C=O) groups excluding carboxylic acids is 1. The number of thioether (sulfide) groups is 1. The van der Waals surface area contributed by atoms with Crippen molar-refractivity contribution >= 4 is 45.5 Å². The Morgan fingerprint density at radius 1 is 1.20 bits per heavy atom. The van der Waals surface area contributed by atoms with E-state index in [1.165, 1.54) is 42.1 Å². The standard InChI is InChI=1S/C24H17N5O5S/c1-33-15-7-9-17(19(13-15)29(31)32)20-10-8-16(34-20)12-18-22(25)28-24(26-23(18)30)35-21(27-28)11-14-5-3-2-4-6-14/h2-10,12-13,25H,11H2,1H3/b18-12-,25-22?. The molecule has 0 spiro atoms. The van der Waals surface area contributed by atoms with E-state index in [0.29, 0.717) is 17.3 Å². The van der Waals surface area contributed by atoms with Crippen LogP contribution < -0.4 is 4.74 Å². The highest BCUT2D eigenvalue weighted by atomic mass is 32.2. The number of nitrogens with one attached hydrogen (secondary N) is 1. The molecule has 2 aromatic carbocycles. The number of methoxy groups -OCH3 is 1. The zero-order valence-electron chi connectivity index (χ0n) is 18.3. The number of benzene rings is 2. The van der Waals surface area contributed by atoms with Gasteiger partial charge in [0.1, 0.15) is 22.3 Å². The predicted octanol–water partition coefficient (Wildman–Crippen LogP) is 4.73. The number of hydrogen-bond acceptors (Lipinski definition) is 8. The first-order valence-electron chi connectivity index (χ1n) is 10.4. The average Bonchev–Trinajstić information content (AvgIpc) is 3.49. The molecule has 3 heterocycles. The molecule has 0 saturated heterocycles. The second-order valence-corrected chi connectivity index (χ2v) is 8.56. The molecule has 0 unspecified atom stereocenters. The summed E-state index contributed by atoms with van der Waals surface area (Å²) in [5.74, 6) is 0.129. The van der Waals surface area contributed by atoms with Crippen molar-refractivity contribution in [3.8, 4) is 17.1 Å². The lowest BCUT2D eigenvalue weighted by molar-refractivity contribution is -0.384. The van der Waals surface area contributed by atoms with Gasteiger partial charge in [0.15, 0.2) is 5.84 Å². The monoisotopic (exact) mass is 487 g/mol. The molecule has 3 aromatic rings. The number of aliphatic imine (C=N–C) groups is 1. The van der Waals surface area contributed by atoms with Gasteiger partial charge in [-0.25, -0.2) is 0 Å². The van der Waals surface area contributed by atoms with E-state index in [9.17, 15) is 14.9 Å². The number of carbonyl (C=O) groups is 1.